The first-order valence-corrected chi connectivity index (χ1v) is 9.77. The minimum Gasteiger partial charge on any atom is -0.493 e. The summed E-state index contributed by atoms with van der Waals surface area (Å²) in [6.45, 7) is 6.82. The maximum Gasteiger partial charge on any atom is 0.161 e. The molecule has 0 spiro atoms. The van der Waals surface area contributed by atoms with E-state index in [0.29, 0.717) is 6.04 Å². The molecule has 1 aliphatic heterocycles. The lowest BCUT2D eigenvalue weighted by Gasteiger charge is -2.30. The Balaban J connectivity index is 2.00. The number of benzene rings is 2. The maximum atomic E-state index is 5.48. The number of halogens is 1. The van der Waals surface area contributed by atoms with Crippen LogP contribution in [0.25, 0.3) is 11.1 Å². The second-order valence-electron chi connectivity index (χ2n) is 7.67. The average Bonchev–Trinajstić information content (AvgIpc) is 3.03. The van der Waals surface area contributed by atoms with Crippen LogP contribution in [0.1, 0.15) is 27.2 Å². The molecule has 2 aromatic rings. The summed E-state index contributed by atoms with van der Waals surface area (Å²) < 4.78 is 10.9. The highest BCUT2D eigenvalue weighted by atomic mass is 79.9. The molecule has 2 atom stereocenters. The molecule has 1 N–H and O–H groups in total. The van der Waals surface area contributed by atoms with Crippen LogP contribution in [0, 0.1) is 5.41 Å². The van der Waals surface area contributed by atoms with E-state index in [1.165, 1.54) is 0 Å². The number of alkyl halides is 1. The first-order valence-electron chi connectivity index (χ1n) is 8.86. The minimum absolute atomic E-state index is 0.193. The van der Waals surface area contributed by atoms with E-state index in [0.717, 1.165) is 34.7 Å². The highest BCUT2D eigenvalue weighted by Gasteiger charge is 2.37. The van der Waals surface area contributed by atoms with Crippen LogP contribution in [-0.2, 0) is 0 Å². The zero-order valence-electron chi connectivity index (χ0n) is 16.0. The SMILES string of the molecule is COc1ccc(-c2ccccc2N2NC(C(C)(C)C)CC2Br)cc1OC. The average molecular weight is 419 g/mol. The number of hydrogen-bond acceptors (Lipinski definition) is 4. The zero-order valence-corrected chi connectivity index (χ0v) is 17.6. The molecule has 2 aromatic carbocycles. The van der Waals surface area contributed by atoms with Gasteiger partial charge in [-0.05, 0) is 35.6 Å². The molecule has 2 unspecified atom stereocenters. The van der Waals surface area contributed by atoms with Gasteiger partial charge in [0.2, 0.25) is 0 Å². The molecular weight excluding hydrogens is 392 g/mol. The lowest BCUT2D eigenvalue weighted by Crippen LogP contribution is -2.43. The molecule has 0 radical (unpaired) electrons. The number of rotatable bonds is 4. The van der Waals surface area contributed by atoms with Crippen molar-refractivity contribution in [3.8, 4) is 22.6 Å². The molecule has 0 aliphatic carbocycles. The molecule has 140 valence electrons. The first-order chi connectivity index (χ1) is 12.3. The fraction of sp³-hybridized carbons (Fsp3) is 0.429. The predicted octanol–water partition coefficient (Wildman–Crippen LogP) is 5.22. The monoisotopic (exact) mass is 418 g/mol. The van der Waals surface area contributed by atoms with Gasteiger partial charge in [-0.2, -0.15) is 0 Å². The van der Waals surface area contributed by atoms with Crippen molar-refractivity contribution < 1.29 is 9.47 Å². The van der Waals surface area contributed by atoms with Gasteiger partial charge in [-0.25, -0.2) is 5.43 Å². The molecule has 0 aromatic heterocycles. The molecule has 0 bridgehead atoms. The van der Waals surface area contributed by atoms with E-state index in [1.54, 1.807) is 14.2 Å². The van der Waals surface area contributed by atoms with E-state index in [9.17, 15) is 0 Å². The van der Waals surface area contributed by atoms with Gasteiger partial charge in [0.25, 0.3) is 0 Å². The van der Waals surface area contributed by atoms with Crippen LogP contribution in [-0.4, -0.2) is 25.2 Å². The molecule has 1 heterocycles. The highest BCUT2D eigenvalue weighted by Crippen LogP contribution is 2.40. The third kappa shape index (κ3) is 3.69. The fourth-order valence-corrected chi connectivity index (χ4v) is 4.01. The van der Waals surface area contributed by atoms with E-state index in [-0.39, 0.29) is 10.4 Å². The summed E-state index contributed by atoms with van der Waals surface area (Å²) >= 11 is 3.85. The Labute approximate surface area is 164 Å². The largest absolute Gasteiger partial charge is 0.493 e. The summed E-state index contributed by atoms with van der Waals surface area (Å²) in [6, 6.07) is 14.9. The summed E-state index contributed by atoms with van der Waals surface area (Å²) in [4.78, 5) is 0.244. The van der Waals surface area contributed by atoms with Gasteiger partial charge >= 0.3 is 0 Å². The molecule has 1 saturated heterocycles. The molecule has 1 aliphatic rings. The van der Waals surface area contributed by atoms with E-state index in [4.69, 9.17) is 9.47 Å². The quantitative estimate of drug-likeness (QED) is 0.544. The predicted molar refractivity (Wildman–Crippen MR) is 111 cm³/mol. The Morgan fingerprint density at radius 1 is 1.04 bits per heavy atom. The van der Waals surface area contributed by atoms with Crippen LogP contribution < -0.4 is 19.9 Å². The van der Waals surface area contributed by atoms with Gasteiger partial charge in [0, 0.05) is 11.6 Å². The Morgan fingerprint density at radius 3 is 2.35 bits per heavy atom. The number of nitrogens with one attached hydrogen (secondary N) is 1. The maximum absolute atomic E-state index is 5.48. The number of nitrogens with zero attached hydrogens (tertiary/aromatic N) is 1. The van der Waals surface area contributed by atoms with Crippen LogP contribution in [0.15, 0.2) is 42.5 Å². The van der Waals surface area contributed by atoms with Gasteiger partial charge in [0.15, 0.2) is 11.5 Å². The second kappa shape index (κ2) is 7.49. The lowest BCUT2D eigenvalue weighted by molar-refractivity contribution is 0.293. The van der Waals surface area contributed by atoms with Crippen LogP contribution in [0.5, 0.6) is 11.5 Å². The summed E-state index contributed by atoms with van der Waals surface area (Å²) in [6.07, 6.45) is 1.05. The molecule has 0 amide bonds. The minimum atomic E-state index is 0.193. The van der Waals surface area contributed by atoms with Crippen molar-refractivity contribution in [2.45, 2.75) is 38.2 Å². The van der Waals surface area contributed by atoms with Gasteiger partial charge in [-0.15, -0.1) is 0 Å². The zero-order chi connectivity index (χ0) is 18.9. The van der Waals surface area contributed by atoms with Gasteiger partial charge in [-0.3, -0.25) is 5.01 Å². The van der Waals surface area contributed by atoms with Crippen molar-refractivity contribution in [2.24, 2.45) is 5.41 Å². The third-order valence-electron chi connectivity index (χ3n) is 4.91. The van der Waals surface area contributed by atoms with Gasteiger partial charge in [0.05, 0.1) is 19.9 Å². The van der Waals surface area contributed by atoms with Crippen molar-refractivity contribution in [2.75, 3.05) is 19.2 Å². The smallest absolute Gasteiger partial charge is 0.161 e. The van der Waals surface area contributed by atoms with E-state index < -0.39 is 0 Å². The molecule has 5 heteroatoms. The molecular formula is C21H27BrN2O2. The van der Waals surface area contributed by atoms with Crippen molar-refractivity contribution >= 4 is 21.6 Å². The Bertz CT molecular complexity index is 773. The van der Waals surface area contributed by atoms with Crippen molar-refractivity contribution in [3.63, 3.8) is 0 Å². The van der Waals surface area contributed by atoms with Gasteiger partial charge < -0.3 is 9.47 Å². The third-order valence-corrected chi connectivity index (χ3v) is 5.69. The first kappa shape index (κ1) is 19.1. The molecule has 4 nitrogen and oxygen atoms in total. The lowest BCUT2D eigenvalue weighted by atomic mass is 9.86. The molecule has 0 saturated carbocycles. The molecule has 26 heavy (non-hydrogen) atoms. The number of anilines is 1. The number of ether oxygens (including phenoxy) is 2. The standard InChI is InChI=1S/C21H27BrN2O2/c1-21(2,3)19-13-20(22)24(23-19)16-9-7-6-8-15(16)14-10-11-17(25-4)18(12-14)26-5/h6-12,19-20,23H,13H2,1-5H3. The molecule has 3 rings (SSSR count). The number of hydrazine groups is 1. The van der Waals surface area contributed by atoms with Gasteiger partial charge in [-0.1, -0.05) is 61.0 Å². The topological polar surface area (TPSA) is 33.7 Å². The van der Waals surface area contributed by atoms with Crippen LogP contribution in [0.3, 0.4) is 0 Å². The Kier molecular flexibility index (Phi) is 5.49. The number of methoxy groups -OCH3 is 2. The van der Waals surface area contributed by atoms with E-state index in [1.807, 2.05) is 12.1 Å². The van der Waals surface area contributed by atoms with Crippen molar-refractivity contribution in [3.05, 3.63) is 42.5 Å². The normalized spacial score (nSPS) is 20.3. The van der Waals surface area contributed by atoms with Crippen molar-refractivity contribution in [1.29, 1.82) is 0 Å². The van der Waals surface area contributed by atoms with E-state index in [2.05, 4.69) is 77.5 Å². The highest BCUT2D eigenvalue weighted by molar-refractivity contribution is 9.09. The second-order valence-corrected chi connectivity index (χ2v) is 8.73. The Morgan fingerprint density at radius 2 is 1.73 bits per heavy atom. The number of para-hydroxylation sites is 1. The van der Waals surface area contributed by atoms with E-state index >= 15 is 0 Å². The summed E-state index contributed by atoms with van der Waals surface area (Å²) in [5.74, 6) is 1.47. The molecule has 1 fully saturated rings. The summed E-state index contributed by atoms with van der Waals surface area (Å²) in [7, 11) is 3.32. The Hall–Kier alpha value is -1.72. The number of hydrogen-bond donors (Lipinski definition) is 1. The van der Waals surface area contributed by atoms with Crippen LogP contribution in [0.2, 0.25) is 0 Å². The van der Waals surface area contributed by atoms with Gasteiger partial charge in [0.1, 0.15) is 4.95 Å². The van der Waals surface area contributed by atoms with Crippen LogP contribution in [0.4, 0.5) is 5.69 Å². The summed E-state index contributed by atoms with van der Waals surface area (Å²) in [5, 5.41) is 2.24. The fourth-order valence-electron chi connectivity index (χ4n) is 3.30. The summed E-state index contributed by atoms with van der Waals surface area (Å²) in [5.41, 5.74) is 7.28. The van der Waals surface area contributed by atoms with Crippen LogP contribution >= 0.6 is 15.9 Å². The van der Waals surface area contributed by atoms with Crippen molar-refractivity contribution in [1.82, 2.24) is 5.43 Å².